The molecule has 444 valence electrons. The van der Waals surface area contributed by atoms with Gasteiger partial charge in [-0.1, -0.05) is 153 Å². The summed E-state index contributed by atoms with van der Waals surface area (Å²) < 4.78 is 16.1. The summed E-state index contributed by atoms with van der Waals surface area (Å²) >= 11 is 7.65. The smallest absolute Gasteiger partial charge is 0.216 e. The van der Waals surface area contributed by atoms with Gasteiger partial charge in [0.2, 0.25) is 5.90 Å². The van der Waals surface area contributed by atoms with Crippen LogP contribution in [0.3, 0.4) is 0 Å². The Hall–Kier alpha value is -6.81. The van der Waals surface area contributed by atoms with E-state index in [2.05, 4.69) is 119 Å². The number of halogens is 1. The fourth-order valence-corrected chi connectivity index (χ4v) is 9.52. The average Bonchev–Trinajstić information content (AvgIpc) is 4.35. The molecule has 83 heavy (non-hydrogen) atoms. The van der Waals surface area contributed by atoms with Gasteiger partial charge in [0.25, 0.3) is 0 Å². The zero-order valence-electron chi connectivity index (χ0n) is 50.5. The van der Waals surface area contributed by atoms with Crippen LogP contribution in [0, 0.1) is 6.92 Å². The number of methoxy groups -OCH3 is 1. The van der Waals surface area contributed by atoms with Gasteiger partial charge in [-0.05, 0) is 160 Å². The van der Waals surface area contributed by atoms with E-state index < -0.39 is 0 Å². The zero-order chi connectivity index (χ0) is 59.3. The van der Waals surface area contributed by atoms with Crippen molar-refractivity contribution >= 4 is 63.0 Å². The molecule has 7 aliphatic rings. The molecule has 16 heteroatoms. The van der Waals surface area contributed by atoms with Crippen LogP contribution in [0.15, 0.2) is 175 Å². The molecule has 7 aliphatic heterocycles. The molecule has 0 spiro atoms. The highest BCUT2D eigenvalue weighted by Gasteiger charge is 2.27. The van der Waals surface area contributed by atoms with Crippen LogP contribution < -0.4 is 0 Å². The van der Waals surface area contributed by atoms with E-state index in [0.29, 0.717) is 6.61 Å². The molecule has 0 aromatic heterocycles. The van der Waals surface area contributed by atoms with Crippen molar-refractivity contribution < 1.29 is 33.6 Å². The third-order valence-corrected chi connectivity index (χ3v) is 15.1. The first-order valence-corrected chi connectivity index (χ1v) is 30.4. The molecule has 8 unspecified atom stereocenters. The molecule has 12 rings (SSSR count). The summed E-state index contributed by atoms with van der Waals surface area (Å²) in [5.74, 6) is 2.77. The second kappa shape index (κ2) is 35.4. The Morgan fingerprint density at radius 2 is 1.01 bits per heavy atom. The highest BCUT2D eigenvalue weighted by molar-refractivity contribution is 8.14. The molecule has 0 saturated carbocycles. The molecule has 14 nitrogen and oxygen atoms in total. The average molecular weight is 1170 g/mol. The summed E-state index contributed by atoms with van der Waals surface area (Å²) in [7, 11) is 1.68. The van der Waals surface area contributed by atoms with E-state index in [4.69, 9.17) is 45.2 Å². The van der Waals surface area contributed by atoms with Crippen molar-refractivity contribution in [1.29, 1.82) is 0 Å². The van der Waals surface area contributed by atoms with E-state index in [1.54, 1.807) is 7.11 Å². The maximum absolute atomic E-state index is 5.80. The van der Waals surface area contributed by atoms with Gasteiger partial charge < -0.3 is 33.6 Å². The predicted octanol–water partition coefficient (Wildman–Crippen LogP) is 15.9. The lowest BCUT2D eigenvalue weighted by molar-refractivity contribution is -0.0101. The minimum absolute atomic E-state index is 0.112. The SMILES string of the molecule is CC1=NC(C)C(c2ccccc2)O1.CC1=NCCS1.CC1CCC(c2ccc(Cl)cc2)=NO1.CC1CCC(c2ccccc2)=NO1.CC1N=C(c2ccccc2)OC1C.COCC1CCC(C)=NO1.Cc1ccc(C2=NOC(C)CC2)cc1. The lowest BCUT2D eigenvalue weighted by Gasteiger charge is -2.18. The Morgan fingerprint density at radius 3 is 1.40 bits per heavy atom. The fourth-order valence-electron chi connectivity index (χ4n) is 8.73. The first-order valence-electron chi connectivity index (χ1n) is 29.1. The second-order valence-electron chi connectivity index (χ2n) is 21.2. The molecule has 0 fully saturated rings. The normalized spacial score (nSPS) is 23.6. The molecule has 0 aliphatic carbocycles. The number of aliphatic imine (C=N–C) groups is 3. The summed E-state index contributed by atoms with van der Waals surface area (Å²) in [5.41, 5.74) is 11.2. The molecule has 0 radical (unpaired) electrons. The lowest BCUT2D eigenvalue weighted by atomic mass is 10.0. The number of nitrogens with zero attached hydrogens (tertiary/aromatic N) is 7. The van der Waals surface area contributed by atoms with Crippen molar-refractivity contribution in [3.05, 3.63) is 178 Å². The Balaban J connectivity index is 0.000000157. The third kappa shape index (κ3) is 23.4. The molecule has 7 heterocycles. The number of hydrogen-bond donors (Lipinski definition) is 0. The monoisotopic (exact) mass is 1170 g/mol. The van der Waals surface area contributed by atoms with Gasteiger partial charge in [0.05, 0.1) is 46.6 Å². The highest BCUT2D eigenvalue weighted by Crippen LogP contribution is 2.28. The number of oxime groups is 4. The van der Waals surface area contributed by atoms with E-state index in [-0.39, 0.29) is 48.7 Å². The van der Waals surface area contributed by atoms with Crippen molar-refractivity contribution in [1.82, 2.24) is 0 Å². The van der Waals surface area contributed by atoms with Gasteiger partial charge in [-0.25, -0.2) is 9.98 Å². The van der Waals surface area contributed by atoms with Crippen LogP contribution >= 0.6 is 23.4 Å². The van der Waals surface area contributed by atoms with Crippen molar-refractivity contribution in [2.45, 2.75) is 169 Å². The molecule has 0 saturated heterocycles. The van der Waals surface area contributed by atoms with Crippen LogP contribution in [0.5, 0.6) is 0 Å². The minimum Gasteiger partial charge on any atom is -0.472 e. The van der Waals surface area contributed by atoms with Crippen molar-refractivity contribution in [2.75, 3.05) is 26.0 Å². The number of hydrogen-bond acceptors (Lipinski definition) is 15. The molecular weight excluding hydrogens is 1080 g/mol. The number of thioether (sulfide) groups is 1. The van der Waals surface area contributed by atoms with Crippen LogP contribution in [0.2, 0.25) is 5.02 Å². The van der Waals surface area contributed by atoms with Gasteiger partial charge in [0.1, 0.15) is 30.5 Å². The lowest BCUT2D eigenvalue weighted by Crippen LogP contribution is -2.21. The fraction of sp³-hybridized carbons (Fsp3) is 0.448. The third-order valence-electron chi connectivity index (χ3n) is 13.9. The standard InChI is InChI=1S/C12H15NO.C11H12ClNO.3C11H13NO.C7H13NO2.C4H7NS/c1-9-3-6-11(7-4-9)12-8-5-10(2)14-13-12;1-8-2-7-11(13-14-8)9-3-5-10(12)6-4-9;1-8-11(13-9(2)12-8)10-6-4-3-5-7-10;1-8-9(2)13-11(12-8)10-6-4-3-5-7-10;1-9-7-8-11(12-13-9)10-5-3-2-4-6-10;1-6-3-4-7(5-9-2)10-8-6;1-4-5-2-3-6-4/h3-4,6-7,10H,5,8H2,1-2H3;3-6,8H,2,7H2,1H3;3-8,11H,1-2H3;3-9H,1-2H3;2-6,9H,7-8H2,1H3;7H,3-5H2,1-2H3;2-3H2,1H3. The maximum atomic E-state index is 5.80. The van der Waals surface area contributed by atoms with Crippen LogP contribution in [-0.2, 0) is 33.6 Å². The minimum atomic E-state index is 0.112. The molecule has 0 amide bonds. The summed E-state index contributed by atoms with van der Waals surface area (Å²) in [6.07, 6.45) is 9.50. The predicted molar refractivity (Wildman–Crippen MR) is 343 cm³/mol. The van der Waals surface area contributed by atoms with Gasteiger partial charge in [0.15, 0.2) is 12.0 Å². The van der Waals surface area contributed by atoms with Crippen LogP contribution in [-0.4, -0.2) is 108 Å². The van der Waals surface area contributed by atoms with Crippen LogP contribution in [0.1, 0.15) is 153 Å². The van der Waals surface area contributed by atoms with Crippen LogP contribution in [0.25, 0.3) is 0 Å². The molecule has 0 bridgehead atoms. The van der Waals surface area contributed by atoms with E-state index in [9.17, 15) is 0 Å². The van der Waals surface area contributed by atoms with Gasteiger partial charge in [-0.15, -0.1) is 11.8 Å². The van der Waals surface area contributed by atoms with E-state index in [1.165, 1.54) is 33.1 Å². The summed E-state index contributed by atoms with van der Waals surface area (Å²) in [5, 5.41) is 18.2. The molecule has 5 aromatic carbocycles. The summed E-state index contributed by atoms with van der Waals surface area (Å²) in [4.78, 5) is 33.7. The van der Waals surface area contributed by atoms with E-state index >= 15 is 0 Å². The topological polar surface area (TPSA) is 151 Å². The maximum Gasteiger partial charge on any atom is 0.216 e. The molecule has 5 aromatic rings. The first-order chi connectivity index (χ1) is 40.1. The number of ether oxygens (including phenoxy) is 3. The molecular formula is C67H86ClN7O7S. The van der Waals surface area contributed by atoms with Gasteiger partial charge >= 0.3 is 0 Å². The molecule has 8 atom stereocenters. The quantitative estimate of drug-likeness (QED) is 0.156. The number of aryl methyl sites for hydroxylation is 1. The van der Waals surface area contributed by atoms with Crippen molar-refractivity contribution in [3.8, 4) is 0 Å². The van der Waals surface area contributed by atoms with Gasteiger partial charge in [0, 0.05) is 36.9 Å². The van der Waals surface area contributed by atoms with Crippen molar-refractivity contribution in [3.63, 3.8) is 0 Å². The number of rotatable bonds is 7. The first kappa shape index (κ1) is 65.3. The highest BCUT2D eigenvalue weighted by atomic mass is 35.5. The Kier molecular flexibility index (Phi) is 27.8. The van der Waals surface area contributed by atoms with Crippen molar-refractivity contribution in [2.24, 2.45) is 35.6 Å². The Labute approximate surface area is 502 Å². The largest absolute Gasteiger partial charge is 0.472 e. The van der Waals surface area contributed by atoms with E-state index in [1.807, 2.05) is 137 Å². The molecule has 0 N–H and O–H groups in total. The summed E-state index contributed by atoms with van der Waals surface area (Å²) in [6.45, 7) is 22.0. The zero-order valence-corrected chi connectivity index (χ0v) is 52.0. The van der Waals surface area contributed by atoms with Crippen LogP contribution in [0.4, 0.5) is 0 Å². The van der Waals surface area contributed by atoms with Gasteiger partial charge in [-0.2, -0.15) is 0 Å². The Bertz CT molecular complexity index is 2850. The second-order valence-corrected chi connectivity index (χ2v) is 22.9. The summed E-state index contributed by atoms with van der Waals surface area (Å²) in [6, 6.07) is 47.1. The van der Waals surface area contributed by atoms with E-state index in [0.717, 1.165) is 109 Å². The number of benzene rings is 5. The van der Waals surface area contributed by atoms with Gasteiger partial charge in [-0.3, -0.25) is 4.99 Å². The Morgan fingerprint density at radius 1 is 0.518 bits per heavy atom.